The topological polar surface area (TPSA) is 102 Å². The zero-order chi connectivity index (χ0) is 22.0. The van der Waals surface area contributed by atoms with Crippen molar-refractivity contribution in [2.45, 2.75) is 19.4 Å². The predicted octanol–water partition coefficient (Wildman–Crippen LogP) is 4.10. The minimum atomic E-state index is -0.550. The summed E-state index contributed by atoms with van der Waals surface area (Å²) in [5.41, 5.74) is 9.13. The van der Waals surface area contributed by atoms with Crippen molar-refractivity contribution in [1.29, 1.82) is 5.26 Å². The molecule has 0 aromatic heterocycles. The second kappa shape index (κ2) is 8.33. The molecule has 0 unspecified atom stereocenters. The average Bonchev–Trinajstić information content (AvgIpc) is 2.79. The van der Waals surface area contributed by atoms with Gasteiger partial charge in [-0.2, -0.15) is 5.26 Å². The van der Waals surface area contributed by atoms with Gasteiger partial charge in [0.25, 0.3) is 0 Å². The normalized spacial score (nSPS) is 13.5. The van der Waals surface area contributed by atoms with E-state index >= 15 is 0 Å². The van der Waals surface area contributed by atoms with Crippen LogP contribution in [0.5, 0.6) is 11.5 Å². The molecule has 31 heavy (non-hydrogen) atoms. The van der Waals surface area contributed by atoms with Gasteiger partial charge >= 0.3 is 0 Å². The quantitative estimate of drug-likeness (QED) is 0.680. The number of rotatable bonds is 5. The lowest BCUT2D eigenvalue weighted by Crippen LogP contribution is -2.17. The van der Waals surface area contributed by atoms with E-state index in [-0.39, 0.29) is 5.78 Å². The van der Waals surface area contributed by atoms with Crippen molar-refractivity contribution in [3.63, 3.8) is 0 Å². The van der Waals surface area contributed by atoms with E-state index < -0.39 is 12.0 Å². The van der Waals surface area contributed by atoms with Crippen molar-refractivity contribution >= 4 is 11.7 Å². The highest BCUT2D eigenvalue weighted by atomic mass is 16.5. The Balaban J connectivity index is 1.77. The Morgan fingerprint density at radius 3 is 2.61 bits per heavy atom. The number of amides is 1. The Morgan fingerprint density at radius 2 is 1.90 bits per heavy atom. The van der Waals surface area contributed by atoms with Crippen molar-refractivity contribution in [1.82, 2.24) is 0 Å². The largest absolute Gasteiger partial charge is 0.492 e. The number of nitrogens with zero attached hydrogens (tertiary/aromatic N) is 1. The summed E-state index contributed by atoms with van der Waals surface area (Å²) in [6.45, 7) is 2.20. The average molecular weight is 412 g/mol. The van der Waals surface area contributed by atoms with E-state index in [2.05, 4.69) is 6.07 Å². The smallest absolute Gasteiger partial charge is 0.248 e. The number of hydrogen-bond donors (Lipinski definition) is 1. The van der Waals surface area contributed by atoms with E-state index in [0.717, 1.165) is 16.7 Å². The zero-order valence-corrected chi connectivity index (χ0v) is 16.9. The van der Waals surface area contributed by atoms with Gasteiger partial charge in [-0.25, -0.2) is 0 Å². The second-order valence-corrected chi connectivity index (χ2v) is 7.31. The van der Waals surface area contributed by atoms with Crippen LogP contribution in [0.15, 0.2) is 60.7 Å². The predicted molar refractivity (Wildman–Crippen MR) is 114 cm³/mol. The van der Waals surface area contributed by atoms with Crippen molar-refractivity contribution in [2.24, 2.45) is 5.73 Å². The third-order valence-corrected chi connectivity index (χ3v) is 5.29. The number of nitriles is 1. The van der Waals surface area contributed by atoms with E-state index in [9.17, 15) is 14.9 Å². The zero-order valence-electron chi connectivity index (χ0n) is 16.9. The second-order valence-electron chi connectivity index (χ2n) is 7.31. The van der Waals surface area contributed by atoms with E-state index in [0.29, 0.717) is 41.2 Å². The van der Waals surface area contributed by atoms with Gasteiger partial charge in [0.2, 0.25) is 5.91 Å². The summed E-state index contributed by atoms with van der Waals surface area (Å²) < 4.78 is 12.1. The molecular formula is C25H20N2O4. The minimum Gasteiger partial charge on any atom is -0.492 e. The van der Waals surface area contributed by atoms with Crippen LogP contribution < -0.4 is 15.2 Å². The molecule has 1 amide bonds. The molecule has 3 aromatic carbocycles. The number of primary amides is 1. The van der Waals surface area contributed by atoms with Crippen LogP contribution in [-0.4, -0.2) is 18.3 Å². The standard InChI is InChI=1S/C25H20N2O4/c1-15-22(10-9-20-21(28)11-12-30-23(15)20)31-24(19-4-2-3-16(13-19)14-26)17-5-7-18(8-6-17)25(27)29/h2-10,13,24H,11-12H2,1H3,(H2,27,29)/t24-/m0/s1. The molecule has 0 spiro atoms. The molecule has 0 saturated heterocycles. The maximum Gasteiger partial charge on any atom is 0.248 e. The van der Waals surface area contributed by atoms with Gasteiger partial charge in [0.15, 0.2) is 5.78 Å². The highest BCUT2D eigenvalue weighted by Gasteiger charge is 2.24. The summed E-state index contributed by atoms with van der Waals surface area (Å²) >= 11 is 0. The van der Waals surface area contributed by atoms with Gasteiger partial charge in [0, 0.05) is 17.5 Å². The third kappa shape index (κ3) is 3.99. The van der Waals surface area contributed by atoms with Crippen LogP contribution in [0.3, 0.4) is 0 Å². The summed E-state index contributed by atoms with van der Waals surface area (Å²) in [6, 6.07) is 19.6. The molecule has 1 aliphatic heterocycles. The van der Waals surface area contributed by atoms with E-state index in [1.54, 1.807) is 54.6 Å². The molecule has 0 radical (unpaired) electrons. The van der Waals surface area contributed by atoms with Crippen molar-refractivity contribution in [3.8, 4) is 17.6 Å². The molecule has 154 valence electrons. The van der Waals surface area contributed by atoms with Gasteiger partial charge in [-0.1, -0.05) is 24.3 Å². The maximum absolute atomic E-state index is 12.2. The Labute approximate surface area is 179 Å². The number of carbonyl (C=O) groups is 2. The monoisotopic (exact) mass is 412 g/mol. The lowest BCUT2D eigenvalue weighted by Gasteiger charge is -2.24. The first kappa shape index (κ1) is 20.2. The summed E-state index contributed by atoms with van der Waals surface area (Å²) in [6.07, 6.45) is -0.186. The number of ketones is 1. The molecule has 1 atom stereocenters. The fourth-order valence-electron chi connectivity index (χ4n) is 3.64. The molecule has 4 rings (SSSR count). The van der Waals surface area contributed by atoms with E-state index in [4.69, 9.17) is 15.2 Å². The summed E-state index contributed by atoms with van der Waals surface area (Å²) in [5.74, 6) is 0.654. The van der Waals surface area contributed by atoms with Crippen LogP contribution in [0, 0.1) is 18.3 Å². The maximum atomic E-state index is 12.2. The highest BCUT2D eigenvalue weighted by molar-refractivity contribution is 6.00. The van der Waals surface area contributed by atoms with E-state index in [1.807, 2.05) is 13.0 Å². The van der Waals surface area contributed by atoms with Crippen molar-refractivity contribution < 1.29 is 19.1 Å². The molecular weight excluding hydrogens is 392 g/mol. The molecule has 3 aromatic rings. The molecule has 0 aliphatic carbocycles. The lowest BCUT2D eigenvalue weighted by molar-refractivity contribution is 0.0931. The molecule has 0 bridgehead atoms. The number of benzene rings is 3. The van der Waals surface area contributed by atoms with Crippen LogP contribution in [0.25, 0.3) is 0 Å². The van der Waals surface area contributed by atoms with Gasteiger partial charge in [0.1, 0.15) is 17.6 Å². The van der Waals surface area contributed by atoms with Gasteiger partial charge in [-0.15, -0.1) is 0 Å². The van der Waals surface area contributed by atoms with Gasteiger partial charge in [-0.05, 0) is 54.4 Å². The molecule has 1 aliphatic rings. The Morgan fingerprint density at radius 1 is 1.13 bits per heavy atom. The SMILES string of the molecule is Cc1c(O[C@@H](c2ccc(C(N)=O)cc2)c2cccc(C#N)c2)ccc2c1OCCC2=O. The number of hydrogen-bond acceptors (Lipinski definition) is 5. The number of fused-ring (bicyclic) bond motifs is 1. The Bertz CT molecular complexity index is 1210. The Kier molecular flexibility index (Phi) is 5.42. The van der Waals surface area contributed by atoms with Crippen molar-refractivity contribution in [3.05, 3.63) is 94.0 Å². The fourth-order valence-corrected chi connectivity index (χ4v) is 3.64. The molecule has 6 nitrogen and oxygen atoms in total. The van der Waals surface area contributed by atoms with Crippen LogP contribution >= 0.6 is 0 Å². The van der Waals surface area contributed by atoms with Crippen LogP contribution in [0.4, 0.5) is 0 Å². The number of nitrogens with two attached hydrogens (primary N) is 1. The van der Waals surface area contributed by atoms with Crippen LogP contribution in [0.2, 0.25) is 0 Å². The first-order valence-corrected chi connectivity index (χ1v) is 9.84. The first-order valence-electron chi connectivity index (χ1n) is 9.84. The van der Waals surface area contributed by atoms with E-state index in [1.165, 1.54) is 0 Å². The molecule has 2 N–H and O–H groups in total. The number of Topliss-reactive ketones (excluding diaryl/α,β-unsaturated/α-hetero) is 1. The first-order chi connectivity index (χ1) is 15.0. The van der Waals surface area contributed by atoms with Gasteiger partial charge < -0.3 is 15.2 Å². The van der Waals surface area contributed by atoms with Gasteiger partial charge in [-0.3, -0.25) is 9.59 Å². The lowest BCUT2D eigenvalue weighted by atomic mass is 9.97. The summed E-state index contributed by atoms with van der Waals surface area (Å²) in [5, 5.41) is 9.31. The van der Waals surface area contributed by atoms with Gasteiger partial charge in [0.05, 0.1) is 23.8 Å². The molecule has 0 fully saturated rings. The van der Waals surface area contributed by atoms with Crippen LogP contribution in [0.1, 0.15) is 55.5 Å². The summed E-state index contributed by atoms with van der Waals surface area (Å²) in [4.78, 5) is 23.6. The highest BCUT2D eigenvalue weighted by Crippen LogP contribution is 2.38. The van der Waals surface area contributed by atoms with Crippen molar-refractivity contribution in [2.75, 3.05) is 6.61 Å². The third-order valence-electron chi connectivity index (χ3n) is 5.29. The van der Waals surface area contributed by atoms with Crippen LogP contribution in [-0.2, 0) is 0 Å². The molecule has 6 heteroatoms. The molecule has 1 heterocycles. The number of carbonyl (C=O) groups excluding carboxylic acids is 2. The fraction of sp³-hybridized carbons (Fsp3) is 0.160. The Hall–Kier alpha value is -4.11. The number of ether oxygens (including phenoxy) is 2. The minimum absolute atomic E-state index is 0.0520. The summed E-state index contributed by atoms with van der Waals surface area (Å²) in [7, 11) is 0. The molecule has 0 saturated carbocycles.